The Morgan fingerprint density at radius 3 is 2.88 bits per heavy atom. The molecular formula is C14H17NO. The zero-order chi connectivity index (χ0) is 11.4. The fraction of sp³-hybridized carbons (Fsp3) is 0.286. The third-order valence-corrected chi connectivity index (χ3v) is 2.65. The van der Waals surface area contributed by atoms with Gasteiger partial charge in [-0.3, -0.25) is 0 Å². The Kier molecular flexibility index (Phi) is 3.42. The Bertz CT molecular complexity index is 463. The van der Waals surface area contributed by atoms with Crippen LogP contribution in [0, 0.1) is 0 Å². The average molecular weight is 215 g/mol. The number of hydrogen-bond donors (Lipinski definition) is 1. The van der Waals surface area contributed by atoms with Gasteiger partial charge >= 0.3 is 0 Å². The standard InChI is InChI=1S/C14H17NO/c1-3-11(10-15-2)8-13-9-12-6-4-5-7-14(12)16-13/h4-9,15H,3,10H2,1-2H3. The van der Waals surface area contributed by atoms with E-state index in [9.17, 15) is 0 Å². The van der Waals surface area contributed by atoms with Gasteiger partial charge in [0.2, 0.25) is 0 Å². The van der Waals surface area contributed by atoms with Gasteiger partial charge in [0.05, 0.1) is 0 Å². The minimum absolute atomic E-state index is 0.910. The summed E-state index contributed by atoms with van der Waals surface area (Å²) in [6, 6.07) is 10.2. The summed E-state index contributed by atoms with van der Waals surface area (Å²) in [6.45, 7) is 3.07. The van der Waals surface area contributed by atoms with Crippen LogP contribution in [0.5, 0.6) is 0 Å². The smallest absolute Gasteiger partial charge is 0.134 e. The van der Waals surface area contributed by atoms with Gasteiger partial charge in [-0.2, -0.15) is 0 Å². The van der Waals surface area contributed by atoms with Crippen LogP contribution in [0.15, 0.2) is 40.3 Å². The lowest BCUT2D eigenvalue weighted by molar-refractivity contribution is 0.603. The molecule has 2 nitrogen and oxygen atoms in total. The van der Waals surface area contributed by atoms with Gasteiger partial charge < -0.3 is 9.73 Å². The molecule has 2 rings (SSSR count). The van der Waals surface area contributed by atoms with Crippen LogP contribution >= 0.6 is 0 Å². The Labute approximate surface area is 96.0 Å². The van der Waals surface area contributed by atoms with Gasteiger partial charge in [-0.15, -0.1) is 0 Å². The second-order valence-electron chi connectivity index (χ2n) is 3.87. The van der Waals surface area contributed by atoms with Crippen molar-refractivity contribution >= 4 is 17.0 Å². The van der Waals surface area contributed by atoms with E-state index in [1.165, 1.54) is 5.57 Å². The first kappa shape index (κ1) is 11.0. The summed E-state index contributed by atoms with van der Waals surface area (Å²) in [4.78, 5) is 0. The van der Waals surface area contributed by atoms with Crippen LogP contribution in [-0.2, 0) is 0 Å². The van der Waals surface area contributed by atoms with Gasteiger partial charge in [0.1, 0.15) is 11.3 Å². The van der Waals surface area contributed by atoms with Crippen molar-refractivity contribution in [2.45, 2.75) is 13.3 Å². The third-order valence-electron chi connectivity index (χ3n) is 2.65. The maximum Gasteiger partial charge on any atom is 0.134 e. The first-order valence-corrected chi connectivity index (χ1v) is 5.66. The van der Waals surface area contributed by atoms with Crippen LogP contribution in [0.25, 0.3) is 17.0 Å². The zero-order valence-corrected chi connectivity index (χ0v) is 9.79. The van der Waals surface area contributed by atoms with Crippen LogP contribution in [0.4, 0.5) is 0 Å². The molecule has 1 aromatic heterocycles. The van der Waals surface area contributed by atoms with Crippen LogP contribution in [0.1, 0.15) is 19.1 Å². The second-order valence-corrected chi connectivity index (χ2v) is 3.87. The van der Waals surface area contributed by atoms with Crippen molar-refractivity contribution in [1.82, 2.24) is 5.32 Å². The number of furan rings is 1. The molecule has 0 saturated carbocycles. The van der Waals surface area contributed by atoms with E-state index in [1.54, 1.807) is 0 Å². The average Bonchev–Trinajstić information content (AvgIpc) is 2.70. The molecule has 0 bridgehead atoms. The fourth-order valence-electron chi connectivity index (χ4n) is 1.78. The molecule has 0 aliphatic rings. The van der Waals surface area contributed by atoms with Crippen LogP contribution in [0.2, 0.25) is 0 Å². The van der Waals surface area contributed by atoms with Gasteiger partial charge in [0, 0.05) is 11.9 Å². The minimum Gasteiger partial charge on any atom is -0.457 e. The van der Waals surface area contributed by atoms with Gasteiger partial charge in [-0.1, -0.05) is 30.7 Å². The van der Waals surface area contributed by atoms with E-state index in [4.69, 9.17) is 4.42 Å². The second kappa shape index (κ2) is 4.99. The SMILES string of the molecule is CCC(=Cc1cc2ccccc2o1)CNC. The highest BCUT2D eigenvalue weighted by atomic mass is 16.3. The molecule has 0 spiro atoms. The topological polar surface area (TPSA) is 25.2 Å². The molecule has 0 aliphatic carbocycles. The van der Waals surface area contributed by atoms with Gasteiger partial charge in [0.15, 0.2) is 0 Å². The number of likely N-dealkylation sites (N-methyl/N-ethyl adjacent to an activating group) is 1. The molecule has 0 unspecified atom stereocenters. The monoisotopic (exact) mass is 215 g/mol. The Morgan fingerprint density at radius 2 is 2.19 bits per heavy atom. The van der Waals surface area contributed by atoms with Crippen molar-refractivity contribution in [1.29, 1.82) is 0 Å². The molecule has 0 amide bonds. The maximum atomic E-state index is 5.74. The molecule has 0 atom stereocenters. The predicted octanol–water partition coefficient (Wildman–Crippen LogP) is 3.45. The summed E-state index contributed by atoms with van der Waals surface area (Å²) < 4.78 is 5.74. The van der Waals surface area contributed by atoms with Crippen molar-refractivity contribution in [3.63, 3.8) is 0 Å². The molecule has 1 heterocycles. The van der Waals surface area contributed by atoms with Gasteiger partial charge in [-0.05, 0) is 31.7 Å². The van der Waals surface area contributed by atoms with E-state index >= 15 is 0 Å². The lowest BCUT2D eigenvalue weighted by Crippen LogP contribution is -2.09. The summed E-state index contributed by atoms with van der Waals surface area (Å²) in [5.41, 5.74) is 2.30. The van der Waals surface area contributed by atoms with Gasteiger partial charge in [0.25, 0.3) is 0 Å². The van der Waals surface area contributed by atoms with Crippen molar-refractivity contribution in [2.75, 3.05) is 13.6 Å². The quantitative estimate of drug-likeness (QED) is 0.845. The number of hydrogen-bond acceptors (Lipinski definition) is 2. The van der Waals surface area contributed by atoms with Crippen LogP contribution < -0.4 is 5.32 Å². The van der Waals surface area contributed by atoms with Crippen molar-refractivity contribution < 1.29 is 4.42 Å². The Hall–Kier alpha value is -1.54. The molecule has 16 heavy (non-hydrogen) atoms. The normalized spacial score (nSPS) is 12.2. The van der Waals surface area contributed by atoms with E-state index in [0.29, 0.717) is 0 Å². The Balaban J connectivity index is 2.32. The molecule has 2 aromatic rings. The first-order valence-electron chi connectivity index (χ1n) is 5.66. The third kappa shape index (κ3) is 2.34. The van der Waals surface area contributed by atoms with E-state index in [1.807, 2.05) is 25.2 Å². The highest BCUT2D eigenvalue weighted by Crippen LogP contribution is 2.21. The van der Waals surface area contributed by atoms with Crippen molar-refractivity contribution in [3.8, 4) is 0 Å². The number of para-hydroxylation sites is 1. The lowest BCUT2D eigenvalue weighted by Gasteiger charge is -2.01. The molecule has 0 fully saturated rings. The number of rotatable bonds is 4. The Morgan fingerprint density at radius 1 is 1.38 bits per heavy atom. The molecule has 84 valence electrons. The van der Waals surface area contributed by atoms with Crippen molar-refractivity contribution in [2.24, 2.45) is 0 Å². The molecule has 0 radical (unpaired) electrons. The predicted molar refractivity (Wildman–Crippen MR) is 68.4 cm³/mol. The maximum absolute atomic E-state index is 5.74. The molecule has 1 aromatic carbocycles. The van der Waals surface area contributed by atoms with E-state index < -0.39 is 0 Å². The van der Waals surface area contributed by atoms with E-state index in [-0.39, 0.29) is 0 Å². The van der Waals surface area contributed by atoms with E-state index in [2.05, 4.69) is 30.4 Å². The molecular weight excluding hydrogens is 198 g/mol. The van der Waals surface area contributed by atoms with E-state index in [0.717, 1.165) is 29.7 Å². The molecule has 1 N–H and O–H groups in total. The van der Waals surface area contributed by atoms with Gasteiger partial charge in [-0.25, -0.2) is 0 Å². The summed E-state index contributed by atoms with van der Waals surface area (Å²) >= 11 is 0. The molecule has 0 saturated heterocycles. The number of fused-ring (bicyclic) bond motifs is 1. The largest absolute Gasteiger partial charge is 0.457 e. The summed E-state index contributed by atoms with van der Waals surface area (Å²) in [7, 11) is 1.96. The van der Waals surface area contributed by atoms with Crippen LogP contribution in [0.3, 0.4) is 0 Å². The summed E-state index contributed by atoms with van der Waals surface area (Å²) in [6.07, 6.45) is 3.16. The molecule has 0 aliphatic heterocycles. The first-order chi connectivity index (χ1) is 7.83. The molecule has 2 heteroatoms. The zero-order valence-electron chi connectivity index (χ0n) is 9.79. The number of benzene rings is 1. The van der Waals surface area contributed by atoms with Crippen molar-refractivity contribution in [3.05, 3.63) is 41.7 Å². The summed E-state index contributed by atoms with van der Waals surface area (Å²) in [5.74, 6) is 0.938. The van der Waals surface area contributed by atoms with Crippen LogP contribution in [-0.4, -0.2) is 13.6 Å². The summed E-state index contributed by atoms with van der Waals surface area (Å²) in [5, 5.41) is 4.32. The fourth-order valence-corrected chi connectivity index (χ4v) is 1.78. The lowest BCUT2D eigenvalue weighted by atomic mass is 10.1. The number of nitrogens with one attached hydrogen (secondary N) is 1. The highest BCUT2D eigenvalue weighted by Gasteiger charge is 2.01. The highest BCUT2D eigenvalue weighted by molar-refractivity contribution is 5.79. The minimum atomic E-state index is 0.910.